The fourth-order valence-corrected chi connectivity index (χ4v) is 7.47. The number of H-pyrrole nitrogens is 1. The number of amides is 1. The van der Waals surface area contributed by atoms with E-state index in [0.717, 1.165) is 0 Å². The number of benzene rings is 1. The van der Waals surface area contributed by atoms with Crippen LogP contribution in [0.3, 0.4) is 0 Å². The Hall–Kier alpha value is -2.51. The number of aromatic nitrogens is 2. The molecule has 2 aliphatic carbocycles. The number of thioether (sulfide) groups is 1. The van der Waals surface area contributed by atoms with E-state index in [0.29, 0.717) is 20.8 Å². The fraction of sp³-hybridized carbons (Fsp3) is 0.613. The predicted molar refractivity (Wildman–Crippen MR) is 171 cm³/mol. The van der Waals surface area contributed by atoms with Crippen LogP contribution >= 0.6 is 35.0 Å². The van der Waals surface area contributed by atoms with Gasteiger partial charge in [0.05, 0.1) is 33.4 Å². The van der Waals surface area contributed by atoms with Crippen molar-refractivity contribution in [3.8, 4) is 0 Å². The molecule has 1 aromatic carbocycles. The fourth-order valence-electron chi connectivity index (χ4n) is 5.73. The smallest absolute Gasteiger partial charge is 0.408 e. The summed E-state index contributed by atoms with van der Waals surface area (Å²) in [7, 11) is 0. The maximum absolute atomic E-state index is 14.5. The van der Waals surface area contributed by atoms with Gasteiger partial charge in [0.2, 0.25) is 0 Å². The van der Waals surface area contributed by atoms with E-state index < -0.39 is 69.1 Å². The van der Waals surface area contributed by atoms with Crippen molar-refractivity contribution in [2.45, 2.75) is 113 Å². The number of halogens is 2. The first-order valence-electron chi connectivity index (χ1n) is 14.6. The van der Waals surface area contributed by atoms with Crippen LogP contribution in [0, 0.1) is 11.8 Å². The van der Waals surface area contributed by atoms with Gasteiger partial charge < -0.3 is 35.0 Å². The summed E-state index contributed by atoms with van der Waals surface area (Å²) in [6.45, 7) is 15.4. The van der Waals surface area contributed by atoms with Crippen molar-refractivity contribution in [3.63, 3.8) is 0 Å². The predicted octanol–water partition coefficient (Wildman–Crippen LogP) is 5.67. The highest BCUT2D eigenvalue weighted by molar-refractivity contribution is 8.00. The van der Waals surface area contributed by atoms with Gasteiger partial charge in [0.15, 0.2) is 10.7 Å². The second-order valence-electron chi connectivity index (χ2n) is 14.4. The molecule has 2 saturated carbocycles. The zero-order valence-electron chi connectivity index (χ0n) is 26.9. The molecule has 4 rings (SSSR count). The minimum atomic E-state index is -1.98. The number of rotatable bonds is 8. The minimum Gasteiger partial charge on any atom is -0.460 e. The van der Waals surface area contributed by atoms with Crippen LogP contribution in [-0.4, -0.2) is 67.2 Å². The molecule has 4 N–H and O–H groups in total. The van der Waals surface area contributed by atoms with Crippen LogP contribution in [0.2, 0.25) is 10.0 Å². The molecule has 2 fully saturated rings. The largest absolute Gasteiger partial charge is 0.460 e. The third kappa shape index (κ3) is 7.56. The lowest BCUT2D eigenvalue weighted by Crippen LogP contribution is -2.66. The number of nitrogens with one attached hydrogen (secondary N) is 2. The van der Waals surface area contributed by atoms with Crippen LogP contribution in [0.5, 0.6) is 0 Å². The van der Waals surface area contributed by atoms with Gasteiger partial charge in [-0.25, -0.2) is 14.6 Å². The number of carbonyl (C=O) groups excluding carboxylic acids is 3. The molecule has 1 unspecified atom stereocenters. The van der Waals surface area contributed by atoms with Crippen molar-refractivity contribution < 1.29 is 33.3 Å². The van der Waals surface area contributed by atoms with E-state index in [2.05, 4.69) is 15.3 Å². The van der Waals surface area contributed by atoms with E-state index in [4.69, 9.17) is 47.9 Å². The molecule has 1 aromatic heterocycles. The molecule has 248 valence electrons. The maximum Gasteiger partial charge on any atom is 0.408 e. The van der Waals surface area contributed by atoms with E-state index in [1.807, 2.05) is 0 Å². The van der Waals surface area contributed by atoms with Gasteiger partial charge in [0.1, 0.15) is 22.9 Å². The Kier molecular flexibility index (Phi) is 9.63. The first-order chi connectivity index (χ1) is 20.6. The molecule has 6 atom stereocenters. The Labute approximate surface area is 277 Å². The number of alkyl carbamates (subject to hydrolysis) is 1. The summed E-state index contributed by atoms with van der Waals surface area (Å²) in [5.74, 6) is -3.43. The van der Waals surface area contributed by atoms with E-state index in [-0.39, 0.29) is 6.61 Å². The highest BCUT2D eigenvalue weighted by atomic mass is 35.5. The number of fused-ring (bicyclic) bond motifs is 1. The number of esters is 2. The van der Waals surface area contributed by atoms with Gasteiger partial charge >= 0.3 is 18.0 Å². The van der Waals surface area contributed by atoms with Crippen LogP contribution < -0.4 is 11.1 Å². The van der Waals surface area contributed by atoms with Crippen molar-refractivity contribution >= 4 is 53.0 Å². The maximum atomic E-state index is 14.5. The van der Waals surface area contributed by atoms with Crippen LogP contribution in [0.15, 0.2) is 35.7 Å². The number of aromatic amines is 1. The Bertz CT molecular complexity index is 1440. The van der Waals surface area contributed by atoms with Crippen LogP contribution in [-0.2, 0) is 35.1 Å². The molecule has 0 radical (unpaired) electrons. The lowest BCUT2D eigenvalue weighted by atomic mass is 9.86. The second kappa shape index (κ2) is 12.3. The Morgan fingerprint density at radius 3 is 2.13 bits per heavy atom. The molecule has 2 aliphatic rings. The second-order valence-corrected chi connectivity index (χ2v) is 16.3. The number of hydrogen-bond acceptors (Lipinski definition) is 10. The number of ether oxygens (including phenoxy) is 4. The van der Waals surface area contributed by atoms with Crippen molar-refractivity contribution in [3.05, 3.63) is 46.2 Å². The van der Waals surface area contributed by atoms with E-state index in [1.165, 1.54) is 11.8 Å². The minimum absolute atomic E-state index is 0.0444. The van der Waals surface area contributed by atoms with Gasteiger partial charge in [0, 0.05) is 18.3 Å². The molecule has 0 bridgehead atoms. The lowest BCUT2D eigenvalue weighted by molar-refractivity contribution is -0.173. The molecule has 0 spiro atoms. The molecular formula is C31H42Cl2N4O7S. The number of hydrogen-bond donors (Lipinski definition) is 3. The Balaban J connectivity index is 1.89. The summed E-state index contributed by atoms with van der Waals surface area (Å²) in [5.41, 5.74) is 1.72. The Morgan fingerprint density at radius 1 is 0.978 bits per heavy atom. The standard InChI is InChI=1S/C31H42Cl2N4O7S/c1-27(2,3)42-23(38)19-20-30(19,34)22(45-25-35-12-13-36-25)21(41-15-16-10-11-17(32)18(33)14-16)31(20,24(39)43-28(4,5)6)37-26(40)44-29(7,8)9/h10-14,19-22H,15,34H2,1-9H3,(H,35,36)(H,37,40)/t19-,20?,21+,22+,30+,31+/m0/s1. The van der Waals surface area contributed by atoms with Gasteiger partial charge in [-0.1, -0.05) is 41.0 Å². The van der Waals surface area contributed by atoms with Gasteiger partial charge in [0.25, 0.3) is 0 Å². The molecule has 2 aromatic rings. The summed E-state index contributed by atoms with van der Waals surface area (Å²) < 4.78 is 23.9. The summed E-state index contributed by atoms with van der Waals surface area (Å²) in [6, 6.07) is 5.01. The van der Waals surface area contributed by atoms with Crippen LogP contribution in [0.25, 0.3) is 0 Å². The Morgan fingerprint density at radius 2 is 1.60 bits per heavy atom. The van der Waals surface area contributed by atoms with Crippen LogP contribution in [0.4, 0.5) is 4.79 Å². The molecule has 0 aliphatic heterocycles. The quantitative estimate of drug-likeness (QED) is 0.234. The summed E-state index contributed by atoms with van der Waals surface area (Å²) in [4.78, 5) is 49.3. The normalized spacial score (nSPS) is 27.8. The third-order valence-corrected chi connectivity index (χ3v) is 9.33. The van der Waals surface area contributed by atoms with Crippen LogP contribution in [0.1, 0.15) is 67.9 Å². The topological polar surface area (TPSA) is 155 Å². The molecule has 1 heterocycles. The van der Waals surface area contributed by atoms with E-state index in [1.54, 1.807) is 92.9 Å². The SMILES string of the molecule is CC(C)(C)OC(=O)N[C@]1(C(=O)OC(C)(C)C)C2[C@@H](C(=O)OC(C)(C)C)[C@]2(N)[C@H](Sc2ncc[nH]2)[C@H]1OCc1ccc(Cl)c(Cl)c1. The molecule has 11 nitrogen and oxygen atoms in total. The lowest BCUT2D eigenvalue weighted by Gasteiger charge is -2.41. The molecule has 14 heteroatoms. The van der Waals surface area contributed by atoms with Crippen molar-refractivity contribution in [2.75, 3.05) is 0 Å². The van der Waals surface area contributed by atoms with Crippen molar-refractivity contribution in [1.29, 1.82) is 0 Å². The monoisotopic (exact) mass is 684 g/mol. The molecule has 45 heavy (non-hydrogen) atoms. The highest BCUT2D eigenvalue weighted by Crippen LogP contribution is 2.68. The number of nitrogens with zero attached hydrogens (tertiary/aromatic N) is 1. The van der Waals surface area contributed by atoms with Gasteiger partial charge in [-0.15, -0.1) is 0 Å². The summed E-state index contributed by atoms with van der Waals surface area (Å²) in [6.07, 6.45) is 1.17. The van der Waals surface area contributed by atoms with E-state index in [9.17, 15) is 14.4 Å². The first kappa shape index (κ1) is 35.3. The van der Waals surface area contributed by atoms with E-state index >= 15 is 0 Å². The number of carbonyl (C=O) groups is 3. The van der Waals surface area contributed by atoms with Gasteiger partial charge in [-0.3, -0.25) is 4.79 Å². The highest BCUT2D eigenvalue weighted by Gasteiger charge is 2.88. The average Bonchev–Trinajstić information content (AvgIpc) is 3.13. The zero-order valence-corrected chi connectivity index (χ0v) is 29.3. The van der Waals surface area contributed by atoms with Crippen molar-refractivity contribution in [1.82, 2.24) is 15.3 Å². The van der Waals surface area contributed by atoms with Crippen molar-refractivity contribution in [2.24, 2.45) is 17.6 Å². The van der Waals surface area contributed by atoms with Gasteiger partial charge in [-0.05, 0) is 80.0 Å². The number of imidazole rings is 1. The van der Waals surface area contributed by atoms with Gasteiger partial charge in [-0.2, -0.15) is 0 Å². The molecular weight excluding hydrogens is 643 g/mol. The first-order valence-corrected chi connectivity index (χ1v) is 16.2. The molecule has 0 saturated heterocycles. The third-order valence-electron chi connectivity index (χ3n) is 7.24. The number of nitrogens with two attached hydrogens (primary N) is 1. The zero-order chi connectivity index (χ0) is 33.8. The summed E-state index contributed by atoms with van der Waals surface area (Å²) in [5, 5.41) is 3.16. The summed E-state index contributed by atoms with van der Waals surface area (Å²) >= 11 is 13.6. The average molecular weight is 686 g/mol. The molecule has 1 amide bonds.